The molecule has 172 valence electrons. The molecule has 2 aromatic carbocycles. The van der Waals surface area contributed by atoms with Gasteiger partial charge in [-0.2, -0.15) is 0 Å². The van der Waals surface area contributed by atoms with Gasteiger partial charge in [-0.05, 0) is 17.5 Å². The van der Waals surface area contributed by atoms with Crippen molar-refractivity contribution in [3.05, 3.63) is 92.6 Å². The molecule has 1 heterocycles. The molecule has 0 saturated heterocycles. The Morgan fingerprint density at radius 1 is 1.06 bits per heavy atom. The lowest BCUT2D eigenvalue weighted by Crippen LogP contribution is -2.41. The highest BCUT2D eigenvalue weighted by molar-refractivity contribution is 5.97. The number of nitrogens with zero attached hydrogens (tertiary/aromatic N) is 2. The van der Waals surface area contributed by atoms with Crippen LogP contribution in [0.15, 0.2) is 70.3 Å². The predicted octanol–water partition coefficient (Wildman–Crippen LogP) is 1.87. The number of anilines is 2. The molecule has 0 bridgehead atoms. The maximum Gasteiger partial charge on any atom is 0.330 e. The molecule has 3 N–H and O–H groups in total. The third-order valence-corrected chi connectivity index (χ3v) is 5.34. The van der Waals surface area contributed by atoms with Gasteiger partial charge in [0.05, 0.1) is 12.5 Å². The molecule has 0 aliphatic carbocycles. The van der Waals surface area contributed by atoms with Crippen molar-refractivity contribution in [1.29, 1.82) is 0 Å². The Kier molecular flexibility index (Phi) is 7.45. The third-order valence-electron chi connectivity index (χ3n) is 5.34. The quantitative estimate of drug-likeness (QED) is 0.504. The fraction of sp³-hybridized carbons (Fsp3) is 0.250. The lowest BCUT2D eigenvalue weighted by atomic mass is 9.97. The first-order valence-electron chi connectivity index (χ1n) is 10.5. The Hall–Kier alpha value is -4.14. The summed E-state index contributed by atoms with van der Waals surface area (Å²) < 4.78 is 6.40. The molecule has 0 spiro atoms. The number of nitrogens with two attached hydrogens (primary N) is 1. The largest absolute Gasteiger partial charge is 0.455 e. The zero-order valence-electron chi connectivity index (χ0n) is 18.5. The van der Waals surface area contributed by atoms with Gasteiger partial charge in [0.15, 0.2) is 12.3 Å². The summed E-state index contributed by atoms with van der Waals surface area (Å²) in [5.41, 5.74) is 6.01. The number of nitrogens with one attached hydrogen (secondary N) is 1. The van der Waals surface area contributed by atoms with Gasteiger partial charge in [-0.1, -0.05) is 67.6 Å². The van der Waals surface area contributed by atoms with E-state index in [4.69, 9.17) is 10.5 Å². The molecule has 0 aliphatic heterocycles. The van der Waals surface area contributed by atoms with E-state index < -0.39 is 35.7 Å². The molecule has 33 heavy (non-hydrogen) atoms. The number of likely N-dealkylation sites (N-methyl/N-ethyl adjacent to an activating group) is 1. The summed E-state index contributed by atoms with van der Waals surface area (Å²) in [5.74, 6) is -1.87. The van der Waals surface area contributed by atoms with E-state index in [1.165, 1.54) is 11.6 Å². The first-order chi connectivity index (χ1) is 15.8. The van der Waals surface area contributed by atoms with Crippen LogP contribution in [0, 0.1) is 0 Å². The molecule has 1 amide bonds. The first kappa shape index (κ1) is 23.5. The Labute approximate surface area is 190 Å². The van der Waals surface area contributed by atoms with Crippen molar-refractivity contribution in [2.75, 3.05) is 24.3 Å². The molecule has 9 heteroatoms. The van der Waals surface area contributed by atoms with Crippen LogP contribution in [0.2, 0.25) is 0 Å². The summed E-state index contributed by atoms with van der Waals surface area (Å²) in [7, 11) is 1.34. The maximum absolute atomic E-state index is 12.7. The Morgan fingerprint density at radius 3 is 2.27 bits per heavy atom. The van der Waals surface area contributed by atoms with E-state index >= 15 is 0 Å². The summed E-state index contributed by atoms with van der Waals surface area (Å²) in [6.45, 7) is 1.39. The van der Waals surface area contributed by atoms with Crippen molar-refractivity contribution in [2.45, 2.75) is 25.8 Å². The van der Waals surface area contributed by atoms with Gasteiger partial charge in [-0.3, -0.25) is 23.9 Å². The van der Waals surface area contributed by atoms with Crippen LogP contribution in [0.4, 0.5) is 11.5 Å². The Bertz CT molecular complexity index is 1240. The second kappa shape index (κ2) is 10.4. The number of rotatable bonds is 8. The fourth-order valence-electron chi connectivity index (χ4n) is 3.50. The monoisotopic (exact) mass is 450 g/mol. The number of H-pyrrole nitrogens is 1. The second-order valence-corrected chi connectivity index (χ2v) is 7.50. The highest BCUT2D eigenvalue weighted by Crippen LogP contribution is 2.21. The van der Waals surface area contributed by atoms with Gasteiger partial charge in [0.1, 0.15) is 5.82 Å². The topological polar surface area (TPSA) is 127 Å². The van der Waals surface area contributed by atoms with E-state index in [0.29, 0.717) is 6.42 Å². The van der Waals surface area contributed by atoms with Crippen LogP contribution in [0.5, 0.6) is 0 Å². The van der Waals surface area contributed by atoms with Gasteiger partial charge in [0.25, 0.3) is 11.5 Å². The van der Waals surface area contributed by atoms with Gasteiger partial charge < -0.3 is 15.4 Å². The standard InChI is InChI=1S/C24H26N4O5/c1-3-18(17-12-8-5-9-13-17)23(31)33-15-19(29)27(2)20-21(25)28(24(32)26-22(20)30)14-16-10-6-4-7-11-16/h4-13,18H,3,14-15,25H2,1-2H3,(H,26,30,32)/t18-/m0/s1. The molecule has 3 rings (SSSR count). The molecular weight excluding hydrogens is 424 g/mol. The predicted molar refractivity (Wildman–Crippen MR) is 125 cm³/mol. The zero-order chi connectivity index (χ0) is 24.0. The van der Waals surface area contributed by atoms with E-state index in [0.717, 1.165) is 16.0 Å². The number of amides is 1. The van der Waals surface area contributed by atoms with Crippen LogP contribution >= 0.6 is 0 Å². The number of aromatic nitrogens is 2. The molecule has 0 fully saturated rings. The molecule has 0 radical (unpaired) electrons. The minimum atomic E-state index is -0.806. The van der Waals surface area contributed by atoms with Crippen LogP contribution in [-0.4, -0.2) is 35.1 Å². The normalized spacial score (nSPS) is 11.6. The van der Waals surface area contributed by atoms with E-state index in [1.807, 2.05) is 67.6 Å². The van der Waals surface area contributed by atoms with E-state index in [9.17, 15) is 19.2 Å². The maximum atomic E-state index is 12.7. The number of hydrogen-bond donors (Lipinski definition) is 2. The molecular formula is C24H26N4O5. The van der Waals surface area contributed by atoms with Gasteiger partial charge in [0.2, 0.25) is 0 Å². The highest BCUT2D eigenvalue weighted by atomic mass is 16.5. The average Bonchev–Trinajstić information content (AvgIpc) is 2.81. The van der Waals surface area contributed by atoms with Crippen LogP contribution < -0.4 is 21.9 Å². The van der Waals surface area contributed by atoms with Crippen molar-refractivity contribution >= 4 is 23.4 Å². The van der Waals surface area contributed by atoms with Crippen molar-refractivity contribution in [1.82, 2.24) is 9.55 Å². The molecule has 3 aromatic rings. The minimum Gasteiger partial charge on any atom is -0.455 e. The zero-order valence-corrected chi connectivity index (χ0v) is 18.5. The number of carbonyl (C=O) groups is 2. The fourth-order valence-corrected chi connectivity index (χ4v) is 3.50. The summed E-state index contributed by atoms with van der Waals surface area (Å²) in [6, 6.07) is 18.2. The van der Waals surface area contributed by atoms with Crippen molar-refractivity contribution < 1.29 is 14.3 Å². The van der Waals surface area contributed by atoms with Crippen LogP contribution in [0.1, 0.15) is 30.4 Å². The molecule has 0 saturated carbocycles. The highest BCUT2D eigenvalue weighted by Gasteiger charge is 2.25. The van der Waals surface area contributed by atoms with Gasteiger partial charge in [-0.15, -0.1) is 0 Å². The molecule has 1 aromatic heterocycles. The second-order valence-electron chi connectivity index (χ2n) is 7.50. The van der Waals surface area contributed by atoms with Crippen LogP contribution in [0.25, 0.3) is 0 Å². The number of benzene rings is 2. The van der Waals surface area contributed by atoms with Gasteiger partial charge in [-0.25, -0.2) is 4.79 Å². The smallest absolute Gasteiger partial charge is 0.330 e. The number of nitrogen functional groups attached to an aromatic ring is 1. The van der Waals surface area contributed by atoms with Crippen molar-refractivity contribution in [2.24, 2.45) is 0 Å². The van der Waals surface area contributed by atoms with Gasteiger partial charge >= 0.3 is 11.7 Å². The molecule has 0 unspecified atom stereocenters. The minimum absolute atomic E-state index is 0.113. The molecule has 1 atom stereocenters. The average molecular weight is 450 g/mol. The molecule has 0 aliphatic rings. The van der Waals surface area contributed by atoms with E-state index in [1.54, 1.807) is 0 Å². The van der Waals surface area contributed by atoms with Crippen molar-refractivity contribution in [3.8, 4) is 0 Å². The number of carbonyl (C=O) groups excluding carboxylic acids is 2. The number of aromatic amines is 1. The van der Waals surface area contributed by atoms with E-state index in [2.05, 4.69) is 4.98 Å². The Balaban J connectivity index is 1.77. The van der Waals surface area contributed by atoms with Crippen LogP contribution in [-0.2, 0) is 20.9 Å². The summed E-state index contributed by atoms with van der Waals surface area (Å²) in [4.78, 5) is 53.2. The molecule has 9 nitrogen and oxygen atoms in total. The number of ether oxygens (including phenoxy) is 1. The van der Waals surface area contributed by atoms with Crippen LogP contribution in [0.3, 0.4) is 0 Å². The lowest BCUT2D eigenvalue weighted by molar-refractivity contribution is -0.149. The SMILES string of the molecule is CC[C@H](C(=O)OCC(=O)N(C)c1c(N)n(Cc2ccccc2)c(=O)[nH]c1=O)c1ccccc1. The van der Waals surface area contributed by atoms with Crippen molar-refractivity contribution in [3.63, 3.8) is 0 Å². The number of esters is 1. The van der Waals surface area contributed by atoms with E-state index in [-0.39, 0.29) is 18.1 Å². The summed E-state index contributed by atoms with van der Waals surface area (Å²) >= 11 is 0. The van der Waals surface area contributed by atoms with Gasteiger partial charge in [0, 0.05) is 7.05 Å². The Morgan fingerprint density at radius 2 is 1.67 bits per heavy atom. The summed E-state index contributed by atoms with van der Waals surface area (Å²) in [6.07, 6.45) is 0.504. The number of hydrogen-bond acceptors (Lipinski definition) is 6. The lowest BCUT2D eigenvalue weighted by Gasteiger charge is -2.21. The summed E-state index contributed by atoms with van der Waals surface area (Å²) in [5, 5.41) is 0. The first-order valence-corrected chi connectivity index (χ1v) is 10.5. The third kappa shape index (κ3) is 5.38.